The molecule has 0 saturated carbocycles. The van der Waals surface area contributed by atoms with Gasteiger partial charge < -0.3 is 10.1 Å². The highest BCUT2D eigenvalue weighted by atomic mass is 16.5. The summed E-state index contributed by atoms with van der Waals surface area (Å²) in [5, 5.41) is 5.54. The molecule has 3 rings (SSSR count). The van der Waals surface area contributed by atoms with Gasteiger partial charge in [-0.05, 0) is 35.4 Å². The van der Waals surface area contributed by atoms with Crippen LogP contribution < -0.4 is 10.1 Å². The van der Waals surface area contributed by atoms with Crippen molar-refractivity contribution in [3.05, 3.63) is 84.2 Å². The van der Waals surface area contributed by atoms with E-state index in [-0.39, 0.29) is 0 Å². The number of fused-ring (bicyclic) bond motifs is 1. The van der Waals surface area contributed by atoms with Gasteiger partial charge in [-0.25, -0.2) is 0 Å². The van der Waals surface area contributed by atoms with E-state index in [9.17, 15) is 0 Å². The van der Waals surface area contributed by atoms with Gasteiger partial charge in [-0.2, -0.15) is 0 Å². The second kappa shape index (κ2) is 6.35. The number of nitrogens with one attached hydrogen (secondary N) is 1. The maximum absolute atomic E-state index is 6.06. The quantitative estimate of drug-likeness (QED) is 0.695. The first kappa shape index (κ1) is 14.2. The van der Waals surface area contributed by atoms with Crippen molar-refractivity contribution in [2.24, 2.45) is 0 Å². The van der Waals surface area contributed by atoms with Crippen LogP contribution in [0.3, 0.4) is 0 Å². The number of hydrogen-bond donors (Lipinski definition) is 1. The van der Waals surface area contributed by atoms with Crippen LogP contribution >= 0.6 is 0 Å². The van der Waals surface area contributed by atoms with Crippen LogP contribution in [0.25, 0.3) is 16.3 Å². The van der Waals surface area contributed by atoms with E-state index in [0.29, 0.717) is 0 Å². The van der Waals surface area contributed by atoms with Gasteiger partial charge in [0, 0.05) is 12.6 Å². The fourth-order valence-electron chi connectivity index (χ4n) is 2.48. The van der Waals surface area contributed by atoms with Crippen molar-refractivity contribution < 1.29 is 4.74 Å². The molecule has 0 bridgehead atoms. The summed E-state index contributed by atoms with van der Waals surface area (Å²) >= 11 is 0. The molecule has 0 radical (unpaired) electrons. The predicted octanol–water partition coefficient (Wildman–Crippen LogP) is 4.83. The highest BCUT2D eigenvalue weighted by molar-refractivity contribution is 5.83. The lowest BCUT2D eigenvalue weighted by Gasteiger charge is -2.14. The van der Waals surface area contributed by atoms with Gasteiger partial charge in [-0.1, -0.05) is 60.7 Å². The van der Waals surface area contributed by atoms with Crippen LogP contribution in [0.5, 0.6) is 5.75 Å². The second-order valence-electron chi connectivity index (χ2n) is 5.18. The zero-order chi connectivity index (χ0) is 15.4. The Bertz CT molecular complexity index is 806. The molecular formula is C20H19NO. The van der Waals surface area contributed by atoms with Crippen LogP contribution in [0.4, 0.5) is 0 Å². The Balaban J connectivity index is 1.94. The summed E-state index contributed by atoms with van der Waals surface area (Å²) in [7, 11) is 1.88. The zero-order valence-electron chi connectivity index (χ0n) is 12.8. The smallest absolute Gasteiger partial charge is 0.196 e. The first-order chi connectivity index (χ1) is 10.8. The zero-order valence-corrected chi connectivity index (χ0v) is 12.8. The summed E-state index contributed by atoms with van der Waals surface area (Å²) in [5.41, 5.74) is 2.23. The maximum atomic E-state index is 6.06. The minimum absolute atomic E-state index is 0.765. The van der Waals surface area contributed by atoms with E-state index >= 15 is 0 Å². The molecular weight excluding hydrogens is 270 g/mol. The number of allylic oxidation sites excluding steroid dienone is 1. The summed E-state index contributed by atoms with van der Waals surface area (Å²) in [6.45, 7) is 2.06. The van der Waals surface area contributed by atoms with Crippen LogP contribution in [0, 0.1) is 0 Å². The molecule has 2 heteroatoms. The van der Waals surface area contributed by atoms with E-state index in [0.717, 1.165) is 22.8 Å². The van der Waals surface area contributed by atoms with Crippen LogP contribution in [0.2, 0.25) is 0 Å². The van der Waals surface area contributed by atoms with Gasteiger partial charge in [-0.15, -0.1) is 0 Å². The molecule has 0 heterocycles. The van der Waals surface area contributed by atoms with Crippen LogP contribution in [-0.4, -0.2) is 7.05 Å². The van der Waals surface area contributed by atoms with Gasteiger partial charge in [-0.3, -0.25) is 0 Å². The molecule has 1 N–H and O–H groups in total. The number of hydrogen-bond acceptors (Lipinski definition) is 2. The van der Waals surface area contributed by atoms with E-state index in [4.69, 9.17) is 4.74 Å². The van der Waals surface area contributed by atoms with E-state index in [1.165, 1.54) is 10.8 Å². The van der Waals surface area contributed by atoms with Gasteiger partial charge in [0.15, 0.2) is 5.88 Å². The lowest BCUT2D eigenvalue weighted by Crippen LogP contribution is -2.14. The summed E-state index contributed by atoms with van der Waals surface area (Å²) in [4.78, 5) is 0. The van der Waals surface area contributed by atoms with Crippen molar-refractivity contribution in [3.8, 4) is 5.75 Å². The largest absolute Gasteiger partial charge is 0.441 e. The molecule has 0 atom stereocenters. The topological polar surface area (TPSA) is 21.3 Å². The molecule has 0 spiro atoms. The Hall–Kier alpha value is -2.74. The van der Waals surface area contributed by atoms with Gasteiger partial charge in [0.1, 0.15) is 5.75 Å². The number of rotatable bonds is 4. The third-order valence-corrected chi connectivity index (χ3v) is 3.72. The Morgan fingerprint density at radius 3 is 2.23 bits per heavy atom. The third-order valence-electron chi connectivity index (χ3n) is 3.72. The molecule has 3 aromatic rings. The molecule has 0 saturated heterocycles. The lowest BCUT2D eigenvalue weighted by molar-refractivity contribution is 0.395. The van der Waals surface area contributed by atoms with Gasteiger partial charge in [0.05, 0.1) is 0 Å². The minimum Gasteiger partial charge on any atom is -0.441 e. The maximum Gasteiger partial charge on any atom is 0.196 e. The highest BCUT2D eigenvalue weighted by Crippen LogP contribution is 2.24. The van der Waals surface area contributed by atoms with Crippen molar-refractivity contribution >= 4 is 16.3 Å². The highest BCUT2D eigenvalue weighted by Gasteiger charge is 2.06. The molecule has 0 aromatic heterocycles. The normalized spacial score (nSPS) is 11.9. The van der Waals surface area contributed by atoms with Crippen molar-refractivity contribution in [2.75, 3.05) is 7.05 Å². The molecule has 0 aliphatic carbocycles. The van der Waals surface area contributed by atoms with Crippen molar-refractivity contribution in [1.29, 1.82) is 0 Å². The van der Waals surface area contributed by atoms with Crippen molar-refractivity contribution in [3.63, 3.8) is 0 Å². The first-order valence-electron chi connectivity index (χ1n) is 7.38. The average Bonchev–Trinajstić information content (AvgIpc) is 2.59. The molecule has 110 valence electrons. The summed E-state index contributed by atoms with van der Waals surface area (Å²) in [5.74, 6) is 1.60. The van der Waals surface area contributed by atoms with Gasteiger partial charge in [0.25, 0.3) is 0 Å². The molecule has 3 aromatic carbocycles. The van der Waals surface area contributed by atoms with E-state index in [1.807, 2.05) is 43.4 Å². The Morgan fingerprint density at radius 2 is 1.50 bits per heavy atom. The Labute approximate surface area is 131 Å². The summed E-state index contributed by atoms with van der Waals surface area (Å²) < 4.78 is 6.06. The molecule has 0 amide bonds. The fraction of sp³-hybridized carbons (Fsp3) is 0.100. The standard InChI is InChI=1S/C20H19NO/c1-15(16-8-4-3-5-9-16)20(21-2)22-19-13-12-17-10-6-7-11-18(17)14-19/h3-14,21H,1-2H3. The summed E-state index contributed by atoms with van der Waals surface area (Å²) in [6, 6.07) is 24.6. The average molecular weight is 289 g/mol. The van der Waals surface area contributed by atoms with Crippen LogP contribution in [-0.2, 0) is 0 Å². The molecule has 0 aliphatic rings. The van der Waals surface area contributed by atoms with Crippen molar-refractivity contribution in [2.45, 2.75) is 6.92 Å². The first-order valence-corrected chi connectivity index (χ1v) is 7.38. The predicted molar refractivity (Wildman–Crippen MR) is 92.7 cm³/mol. The molecule has 0 aliphatic heterocycles. The number of benzene rings is 3. The van der Waals surface area contributed by atoms with E-state index in [2.05, 4.69) is 48.6 Å². The Morgan fingerprint density at radius 1 is 0.818 bits per heavy atom. The molecule has 0 unspecified atom stereocenters. The van der Waals surface area contributed by atoms with Crippen LogP contribution in [0.1, 0.15) is 12.5 Å². The Kier molecular flexibility index (Phi) is 4.10. The molecule has 22 heavy (non-hydrogen) atoms. The second-order valence-corrected chi connectivity index (χ2v) is 5.18. The van der Waals surface area contributed by atoms with E-state index in [1.54, 1.807) is 0 Å². The SMILES string of the molecule is CNC(Oc1ccc2ccccc2c1)=C(C)c1ccccc1. The van der Waals surface area contributed by atoms with Crippen molar-refractivity contribution in [1.82, 2.24) is 5.32 Å². The number of ether oxygens (including phenoxy) is 1. The third kappa shape index (κ3) is 2.96. The monoisotopic (exact) mass is 289 g/mol. The van der Waals surface area contributed by atoms with Gasteiger partial charge in [0.2, 0.25) is 0 Å². The molecule has 2 nitrogen and oxygen atoms in total. The fourth-order valence-corrected chi connectivity index (χ4v) is 2.48. The lowest BCUT2D eigenvalue weighted by atomic mass is 10.1. The minimum atomic E-state index is 0.765. The molecule has 0 fully saturated rings. The summed E-state index contributed by atoms with van der Waals surface area (Å²) in [6.07, 6.45) is 0. The van der Waals surface area contributed by atoms with Crippen LogP contribution in [0.15, 0.2) is 78.7 Å². The van der Waals surface area contributed by atoms with E-state index < -0.39 is 0 Å². The van der Waals surface area contributed by atoms with Gasteiger partial charge >= 0.3 is 0 Å².